The molecule has 2 rings (SSSR count). The van der Waals surface area contributed by atoms with Crippen molar-refractivity contribution in [1.29, 1.82) is 0 Å². The van der Waals surface area contributed by atoms with Gasteiger partial charge in [-0.05, 0) is 38.2 Å². The summed E-state index contributed by atoms with van der Waals surface area (Å²) in [6.45, 7) is 8.60. The van der Waals surface area contributed by atoms with Gasteiger partial charge in [0.25, 0.3) is 0 Å². The highest BCUT2D eigenvalue weighted by molar-refractivity contribution is 7.80. The van der Waals surface area contributed by atoms with Gasteiger partial charge in [-0.15, -0.1) is 0 Å². The quantitative estimate of drug-likeness (QED) is 0.598. The van der Waals surface area contributed by atoms with Crippen LogP contribution in [0.15, 0.2) is 18.2 Å². The maximum Gasteiger partial charge on any atom is 0.168 e. The van der Waals surface area contributed by atoms with Gasteiger partial charge in [0.05, 0.1) is 20.3 Å². The number of nitrogens with zero attached hydrogens (tertiary/aromatic N) is 2. The van der Waals surface area contributed by atoms with Crippen molar-refractivity contribution >= 4 is 17.3 Å². The van der Waals surface area contributed by atoms with Crippen LogP contribution in [0.3, 0.4) is 0 Å². The number of morpholine rings is 1. The van der Waals surface area contributed by atoms with Crippen molar-refractivity contribution in [3.05, 3.63) is 29.3 Å². The Kier molecular flexibility index (Phi) is 7.75. The van der Waals surface area contributed by atoms with Gasteiger partial charge in [0.15, 0.2) is 5.11 Å². The highest BCUT2D eigenvalue weighted by atomic mass is 32.1. The number of nitrogens with one attached hydrogen (secondary N) is 1. The van der Waals surface area contributed by atoms with E-state index in [1.165, 1.54) is 5.56 Å². The van der Waals surface area contributed by atoms with Crippen LogP contribution in [0.1, 0.15) is 17.5 Å². The lowest BCUT2D eigenvalue weighted by molar-refractivity contribution is 0.0376. The van der Waals surface area contributed by atoms with E-state index >= 15 is 0 Å². The molecular weight excluding hydrogens is 322 g/mol. The number of hydrogen-bond acceptors (Lipinski definition) is 4. The van der Waals surface area contributed by atoms with Crippen molar-refractivity contribution in [2.45, 2.75) is 19.9 Å². The fraction of sp³-hybridized carbons (Fsp3) is 0.611. The van der Waals surface area contributed by atoms with Crippen LogP contribution < -0.4 is 10.1 Å². The van der Waals surface area contributed by atoms with Gasteiger partial charge in [0.2, 0.25) is 0 Å². The molecule has 1 N–H and O–H groups in total. The van der Waals surface area contributed by atoms with Crippen LogP contribution in [0, 0.1) is 6.92 Å². The van der Waals surface area contributed by atoms with Gasteiger partial charge in [-0.3, -0.25) is 4.90 Å². The fourth-order valence-electron chi connectivity index (χ4n) is 2.82. The maximum atomic E-state index is 5.50. The van der Waals surface area contributed by atoms with E-state index in [-0.39, 0.29) is 0 Å². The van der Waals surface area contributed by atoms with Gasteiger partial charge in [-0.2, -0.15) is 0 Å². The molecule has 1 aromatic rings. The molecule has 1 aliphatic rings. The number of ether oxygens (including phenoxy) is 2. The second kappa shape index (κ2) is 9.81. The molecule has 0 unspecified atom stereocenters. The first kappa shape index (κ1) is 19.0. The summed E-state index contributed by atoms with van der Waals surface area (Å²) in [5.74, 6) is 0.905. The average Bonchev–Trinajstić information content (AvgIpc) is 2.59. The second-order valence-electron chi connectivity index (χ2n) is 6.21. The topological polar surface area (TPSA) is 37.0 Å². The van der Waals surface area contributed by atoms with Crippen LogP contribution in [0.25, 0.3) is 0 Å². The highest BCUT2D eigenvalue weighted by Gasteiger charge is 2.11. The van der Waals surface area contributed by atoms with E-state index in [4.69, 9.17) is 21.7 Å². The Bertz CT molecular complexity index is 533. The van der Waals surface area contributed by atoms with E-state index in [1.807, 2.05) is 13.1 Å². The number of benzene rings is 1. The Labute approximate surface area is 150 Å². The molecular formula is C18H29N3O2S. The van der Waals surface area contributed by atoms with Crippen molar-refractivity contribution in [1.82, 2.24) is 15.1 Å². The molecule has 1 fully saturated rings. The van der Waals surface area contributed by atoms with Gasteiger partial charge in [0.1, 0.15) is 5.75 Å². The molecule has 24 heavy (non-hydrogen) atoms. The molecule has 0 saturated carbocycles. The Hall–Kier alpha value is -1.37. The van der Waals surface area contributed by atoms with Crippen molar-refractivity contribution in [2.24, 2.45) is 0 Å². The van der Waals surface area contributed by atoms with Crippen LogP contribution >= 0.6 is 12.2 Å². The maximum absolute atomic E-state index is 5.50. The minimum atomic E-state index is 0.736. The lowest BCUT2D eigenvalue weighted by Gasteiger charge is -2.27. The van der Waals surface area contributed by atoms with Crippen LogP contribution in [-0.2, 0) is 11.3 Å². The van der Waals surface area contributed by atoms with Crippen LogP contribution in [0.2, 0.25) is 0 Å². The summed E-state index contributed by atoms with van der Waals surface area (Å²) in [5.41, 5.74) is 2.38. The molecule has 0 spiro atoms. The second-order valence-corrected chi connectivity index (χ2v) is 6.60. The summed E-state index contributed by atoms with van der Waals surface area (Å²) in [6, 6.07) is 6.22. The third kappa shape index (κ3) is 5.92. The summed E-state index contributed by atoms with van der Waals surface area (Å²) >= 11 is 5.50. The van der Waals surface area contributed by atoms with E-state index in [1.54, 1.807) is 7.11 Å². The Morgan fingerprint density at radius 1 is 1.38 bits per heavy atom. The van der Waals surface area contributed by atoms with Crippen molar-refractivity contribution < 1.29 is 9.47 Å². The molecule has 6 heteroatoms. The zero-order chi connectivity index (χ0) is 17.4. The average molecular weight is 352 g/mol. The van der Waals surface area contributed by atoms with E-state index in [2.05, 4.69) is 34.2 Å². The normalized spacial score (nSPS) is 15.1. The van der Waals surface area contributed by atoms with E-state index in [0.717, 1.165) is 68.8 Å². The SMILES string of the molecule is COc1ccc(C)cc1CN(C)C(=S)NCCCN1CCOCC1. The molecule has 0 amide bonds. The Morgan fingerprint density at radius 3 is 2.83 bits per heavy atom. The minimum Gasteiger partial charge on any atom is -0.496 e. The standard InChI is InChI=1S/C18H29N3O2S/c1-15-5-6-17(22-3)16(13-15)14-20(2)18(24)19-7-4-8-21-9-11-23-12-10-21/h5-6,13H,4,7-12,14H2,1-3H3,(H,19,24). The van der Waals surface area contributed by atoms with Gasteiger partial charge in [0, 0.05) is 38.8 Å². The minimum absolute atomic E-state index is 0.736. The zero-order valence-electron chi connectivity index (χ0n) is 15.0. The Morgan fingerprint density at radius 2 is 2.12 bits per heavy atom. The van der Waals surface area contributed by atoms with E-state index in [9.17, 15) is 0 Å². The number of methoxy groups -OCH3 is 1. The largest absolute Gasteiger partial charge is 0.496 e. The predicted octanol–water partition coefficient (Wildman–Crippen LogP) is 2.03. The number of thiocarbonyl (C=S) groups is 1. The first-order valence-corrected chi connectivity index (χ1v) is 8.93. The highest BCUT2D eigenvalue weighted by Crippen LogP contribution is 2.21. The number of rotatable bonds is 7. The lowest BCUT2D eigenvalue weighted by atomic mass is 10.1. The third-order valence-electron chi connectivity index (χ3n) is 4.22. The van der Waals surface area contributed by atoms with Gasteiger partial charge < -0.3 is 19.7 Å². The molecule has 0 radical (unpaired) electrons. The summed E-state index contributed by atoms with van der Waals surface area (Å²) in [4.78, 5) is 4.50. The van der Waals surface area contributed by atoms with Gasteiger partial charge in [-0.25, -0.2) is 0 Å². The van der Waals surface area contributed by atoms with Crippen LogP contribution in [0.4, 0.5) is 0 Å². The van der Waals surface area contributed by atoms with Crippen LogP contribution in [0.5, 0.6) is 5.75 Å². The number of hydrogen-bond donors (Lipinski definition) is 1. The van der Waals surface area contributed by atoms with Crippen molar-refractivity contribution in [2.75, 3.05) is 53.6 Å². The molecule has 5 nitrogen and oxygen atoms in total. The number of aryl methyl sites for hydroxylation is 1. The molecule has 0 aromatic heterocycles. The molecule has 1 heterocycles. The van der Waals surface area contributed by atoms with Crippen LogP contribution in [-0.4, -0.2) is 68.5 Å². The predicted molar refractivity (Wildman–Crippen MR) is 102 cm³/mol. The summed E-state index contributed by atoms with van der Waals surface area (Å²) < 4.78 is 10.8. The fourth-order valence-corrected chi connectivity index (χ4v) is 2.98. The summed E-state index contributed by atoms with van der Waals surface area (Å²) in [6.07, 6.45) is 1.09. The van der Waals surface area contributed by atoms with E-state index in [0.29, 0.717) is 0 Å². The van der Waals surface area contributed by atoms with Crippen molar-refractivity contribution in [3.63, 3.8) is 0 Å². The monoisotopic (exact) mass is 351 g/mol. The molecule has 1 aromatic carbocycles. The molecule has 0 aliphatic carbocycles. The molecule has 1 saturated heterocycles. The molecule has 0 bridgehead atoms. The zero-order valence-corrected chi connectivity index (χ0v) is 15.8. The summed E-state index contributed by atoms with van der Waals surface area (Å²) in [7, 11) is 3.72. The van der Waals surface area contributed by atoms with Crippen molar-refractivity contribution in [3.8, 4) is 5.75 Å². The summed E-state index contributed by atoms with van der Waals surface area (Å²) in [5, 5.41) is 4.13. The molecule has 0 atom stereocenters. The first-order chi connectivity index (χ1) is 11.6. The van der Waals surface area contributed by atoms with E-state index < -0.39 is 0 Å². The van der Waals surface area contributed by atoms with Gasteiger partial charge >= 0.3 is 0 Å². The van der Waals surface area contributed by atoms with Gasteiger partial charge in [-0.1, -0.05) is 17.7 Å². The molecule has 134 valence electrons. The lowest BCUT2D eigenvalue weighted by Crippen LogP contribution is -2.40. The smallest absolute Gasteiger partial charge is 0.168 e. The third-order valence-corrected chi connectivity index (χ3v) is 4.68. The first-order valence-electron chi connectivity index (χ1n) is 8.52. The molecule has 1 aliphatic heterocycles. The Balaban J connectivity index is 1.72.